The van der Waals surface area contributed by atoms with E-state index in [9.17, 15) is 14.9 Å². The molecule has 1 atom stereocenters. The zero-order valence-corrected chi connectivity index (χ0v) is 10.3. The molecule has 1 aliphatic rings. The Balaban J connectivity index is 2.22. The lowest BCUT2D eigenvalue weighted by Gasteiger charge is -2.17. The summed E-state index contributed by atoms with van der Waals surface area (Å²) in [6.45, 7) is 1.98. The van der Waals surface area contributed by atoms with Crippen LogP contribution in [0.1, 0.15) is 6.92 Å². The van der Waals surface area contributed by atoms with Gasteiger partial charge in [0.05, 0.1) is 17.3 Å². The number of hydrogen-bond acceptors (Lipinski definition) is 5. The van der Waals surface area contributed by atoms with Crippen molar-refractivity contribution in [2.24, 2.45) is 0 Å². The van der Waals surface area contributed by atoms with E-state index in [1.807, 2.05) is 0 Å². The largest absolute Gasteiger partial charge is 0.440 e. The molecule has 0 spiro atoms. The Bertz CT molecular complexity index is 492. The van der Waals surface area contributed by atoms with Crippen LogP contribution in [0.15, 0.2) is 18.3 Å². The second-order valence-corrected chi connectivity index (χ2v) is 4.44. The first kappa shape index (κ1) is 12.6. The van der Waals surface area contributed by atoms with Crippen LogP contribution in [0.5, 0.6) is 0 Å². The van der Waals surface area contributed by atoms with E-state index in [-0.39, 0.29) is 18.1 Å². The van der Waals surface area contributed by atoms with Gasteiger partial charge in [0, 0.05) is 6.07 Å². The smallest absolute Gasteiger partial charge is 0.416 e. The topological polar surface area (TPSA) is 85.6 Å². The minimum atomic E-state index is -0.762. The summed E-state index contributed by atoms with van der Waals surface area (Å²) >= 11 is 5.72. The summed E-state index contributed by atoms with van der Waals surface area (Å²) < 4.78 is 5.12. The summed E-state index contributed by atoms with van der Waals surface area (Å²) in [5.74, 6) is 0.474. The summed E-state index contributed by atoms with van der Waals surface area (Å²) in [5, 5.41) is 10.5. The summed E-state index contributed by atoms with van der Waals surface area (Å²) in [7, 11) is 0. The van der Waals surface area contributed by atoms with E-state index in [1.54, 1.807) is 6.92 Å². The molecule has 0 aromatic carbocycles. The summed E-state index contributed by atoms with van der Waals surface area (Å²) in [6.07, 6.45) is 0.540. The van der Waals surface area contributed by atoms with Crippen molar-refractivity contribution in [3.63, 3.8) is 0 Å². The van der Waals surface area contributed by atoms with Crippen LogP contribution in [0.4, 0.5) is 16.3 Å². The molecule has 7 nitrogen and oxygen atoms in total. The molecule has 18 heavy (non-hydrogen) atoms. The van der Waals surface area contributed by atoms with Gasteiger partial charge in [-0.1, -0.05) is 0 Å². The number of amides is 1. The van der Waals surface area contributed by atoms with Crippen LogP contribution in [-0.2, 0) is 4.74 Å². The first-order valence-corrected chi connectivity index (χ1v) is 5.65. The molecule has 2 heterocycles. The van der Waals surface area contributed by atoms with Gasteiger partial charge in [-0.15, -0.1) is 11.6 Å². The van der Waals surface area contributed by atoms with Gasteiger partial charge in [-0.05, 0) is 13.0 Å². The highest BCUT2D eigenvalue weighted by atomic mass is 35.5. The second-order valence-electron chi connectivity index (χ2n) is 4.17. The Kier molecular flexibility index (Phi) is 3.08. The number of nitrogens with zero attached hydrogens (tertiary/aromatic N) is 3. The quantitative estimate of drug-likeness (QED) is 0.476. The van der Waals surface area contributed by atoms with E-state index in [4.69, 9.17) is 16.3 Å². The molecule has 8 heteroatoms. The molecule has 1 saturated heterocycles. The van der Waals surface area contributed by atoms with Crippen LogP contribution in [0.25, 0.3) is 0 Å². The van der Waals surface area contributed by atoms with Crippen molar-refractivity contribution in [2.45, 2.75) is 12.5 Å². The maximum Gasteiger partial charge on any atom is 0.416 e. The maximum absolute atomic E-state index is 11.6. The van der Waals surface area contributed by atoms with Crippen molar-refractivity contribution in [3.8, 4) is 0 Å². The minimum Gasteiger partial charge on any atom is -0.440 e. The van der Waals surface area contributed by atoms with Gasteiger partial charge in [-0.25, -0.2) is 9.78 Å². The number of aromatic nitrogens is 1. The van der Waals surface area contributed by atoms with E-state index in [2.05, 4.69) is 4.98 Å². The molecule has 0 aliphatic carbocycles. The number of halogens is 1. The molecule has 1 aromatic rings. The minimum absolute atomic E-state index is 0.133. The van der Waals surface area contributed by atoms with E-state index >= 15 is 0 Å². The van der Waals surface area contributed by atoms with E-state index < -0.39 is 16.6 Å². The molecular weight excluding hydrogens is 262 g/mol. The number of rotatable bonds is 3. The summed E-state index contributed by atoms with van der Waals surface area (Å²) in [5.41, 5.74) is -0.895. The lowest BCUT2D eigenvalue weighted by Crippen LogP contribution is -2.33. The lowest BCUT2D eigenvalue weighted by atomic mass is 10.1. The number of carbonyl (C=O) groups excluding carboxylic acids is 1. The third-order valence-electron chi connectivity index (χ3n) is 2.55. The van der Waals surface area contributed by atoms with Gasteiger partial charge in [-0.3, -0.25) is 15.0 Å². The first-order valence-electron chi connectivity index (χ1n) is 5.12. The molecule has 0 radical (unpaired) electrons. The SMILES string of the molecule is CC1(CCl)CN(c2ccc([N+](=O)[O-])cn2)C(=O)O1. The molecule has 1 unspecified atom stereocenters. The number of alkyl halides is 1. The summed E-state index contributed by atoms with van der Waals surface area (Å²) in [4.78, 5) is 26.7. The van der Waals surface area contributed by atoms with Crippen LogP contribution in [0.3, 0.4) is 0 Å². The Hall–Kier alpha value is -1.89. The van der Waals surface area contributed by atoms with E-state index in [0.29, 0.717) is 5.82 Å². The summed E-state index contributed by atoms with van der Waals surface area (Å²) in [6, 6.07) is 2.69. The Morgan fingerprint density at radius 1 is 1.67 bits per heavy atom. The van der Waals surface area contributed by atoms with Gasteiger partial charge in [0.2, 0.25) is 0 Å². The van der Waals surface area contributed by atoms with Gasteiger partial charge in [-0.2, -0.15) is 0 Å². The van der Waals surface area contributed by atoms with Crippen LogP contribution in [0.2, 0.25) is 0 Å². The van der Waals surface area contributed by atoms with Crippen LogP contribution in [-0.4, -0.2) is 34.0 Å². The first-order chi connectivity index (χ1) is 8.45. The van der Waals surface area contributed by atoms with Gasteiger partial charge < -0.3 is 4.74 Å². The molecule has 1 amide bonds. The highest BCUT2D eigenvalue weighted by Crippen LogP contribution is 2.28. The number of hydrogen-bond donors (Lipinski definition) is 0. The maximum atomic E-state index is 11.6. The predicted octanol–water partition coefficient (Wildman–Crippen LogP) is 1.94. The number of cyclic esters (lactones) is 1. The van der Waals surface area contributed by atoms with Gasteiger partial charge in [0.1, 0.15) is 17.6 Å². The number of ether oxygens (including phenoxy) is 1. The molecule has 0 saturated carbocycles. The fourth-order valence-electron chi connectivity index (χ4n) is 1.59. The number of carbonyl (C=O) groups is 1. The molecular formula is C10H10ClN3O4. The highest BCUT2D eigenvalue weighted by Gasteiger charge is 2.42. The molecule has 1 aliphatic heterocycles. The average molecular weight is 272 g/mol. The van der Waals surface area contributed by atoms with Crippen molar-refractivity contribution in [3.05, 3.63) is 28.4 Å². The van der Waals surface area contributed by atoms with E-state index in [0.717, 1.165) is 6.20 Å². The molecule has 0 bridgehead atoms. The van der Waals surface area contributed by atoms with Crippen molar-refractivity contribution < 1.29 is 14.5 Å². The normalized spacial score (nSPS) is 23.0. The van der Waals surface area contributed by atoms with Crippen molar-refractivity contribution in [1.82, 2.24) is 4.98 Å². The third kappa shape index (κ3) is 2.21. The fraction of sp³-hybridized carbons (Fsp3) is 0.400. The fourth-order valence-corrected chi connectivity index (χ4v) is 1.73. The van der Waals surface area contributed by atoms with Gasteiger partial charge >= 0.3 is 6.09 Å². The van der Waals surface area contributed by atoms with Gasteiger partial charge in [0.15, 0.2) is 0 Å². The number of anilines is 1. The van der Waals surface area contributed by atoms with Crippen LogP contribution < -0.4 is 4.90 Å². The van der Waals surface area contributed by atoms with Crippen molar-refractivity contribution >= 4 is 29.2 Å². The Morgan fingerprint density at radius 3 is 2.83 bits per heavy atom. The third-order valence-corrected chi connectivity index (χ3v) is 3.11. The van der Waals surface area contributed by atoms with Crippen LogP contribution >= 0.6 is 11.6 Å². The second kappa shape index (κ2) is 4.41. The molecule has 0 N–H and O–H groups in total. The highest BCUT2D eigenvalue weighted by molar-refractivity contribution is 6.18. The lowest BCUT2D eigenvalue weighted by molar-refractivity contribution is -0.385. The zero-order chi connectivity index (χ0) is 13.3. The molecule has 96 valence electrons. The number of pyridine rings is 1. The zero-order valence-electron chi connectivity index (χ0n) is 9.50. The Labute approximate surface area is 107 Å². The van der Waals surface area contributed by atoms with E-state index in [1.165, 1.54) is 17.0 Å². The van der Waals surface area contributed by atoms with Gasteiger partial charge in [0.25, 0.3) is 5.69 Å². The monoisotopic (exact) mass is 271 g/mol. The standard InChI is InChI=1S/C10H10ClN3O4/c1-10(5-11)6-13(9(15)18-10)8-3-2-7(4-12-8)14(16)17/h2-4H,5-6H2,1H3. The van der Waals surface area contributed by atoms with Crippen molar-refractivity contribution in [2.75, 3.05) is 17.3 Å². The Morgan fingerprint density at radius 2 is 2.39 bits per heavy atom. The molecule has 2 rings (SSSR count). The van der Waals surface area contributed by atoms with Crippen LogP contribution in [0, 0.1) is 10.1 Å². The average Bonchev–Trinajstić information content (AvgIpc) is 2.66. The predicted molar refractivity (Wildman–Crippen MR) is 63.8 cm³/mol. The number of nitro groups is 1. The molecule has 1 aromatic heterocycles. The van der Waals surface area contributed by atoms with Crippen molar-refractivity contribution in [1.29, 1.82) is 0 Å². The molecule has 1 fully saturated rings.